The van der Waals surface area contributed by atoms with Crippen LogP contribution in [0.1, 0.15) is 137 Å². The molecule has 0 amide bonds. The van der Waals surface area contributed by atoms with Gasteiger partial charge in [-0.05, 0) is 90.6 Å². The quantitative estimate of drug-likeness (QED) is 0.231. The molecule has 1 aromatic carbocycles. The molecule has 45 heavy (non-hydrogen) atoms. The van der Waals surface area contributed by atoms with Gasteiger partial charge in [0.25, 0.3) is 0 Å². The number of allylic oxidation sites excluding steroid dienone is 2. The Morgan fingerprint density at radius 2 is 1.64 bits per heavy atom. The zero-order valence-corrected chi connectivity index (χ0v) is 29.5. The molecule has 4 rings (SSSR count). The third kappa shape index (κ3) is 6.59. The molecular formula is C40H57NO4. The van der Waals surface area contributed by atoms with Crippen molar-refractivity contribution in [2.45, 2.75) is 127 Å². The summed E-state index contributed by atoms with van der Waals surface area (Å²) in [6.07, 6.45) is 10.8. The Labute approximate surface area is 272 Å². The highest BCUT2D eigenvalue weighted by molar-refractivity contribution is 6.04. The minimum absolute atomic E-state index is 0.0522. The lowest BCUT2D eigenvalue weighted by atomic mass is 9.37. The molecule has 5 heteroatoms. The van der Waals surface area contributed by atoms with Crippen molar-refractivity contribution in [2.75, 3.05) is 6.61 Å². The molecule has 0 bridgehead atoms. The van der Waals surface area contributed by atoms with E-state index in [9.17, 15) is 19.6 Å². The van der Waals surface area contributed by atoms with Crippen molar-refractivity contribution in [3.8, 4) is 6.07 Å². The van der Waals surface area contributed by atoms with E-state index in [4.69, 9.17) is 4.74 Å². The van der Waals surface area contributed by atoms with E-state index in [1.807, 2.05) is 38.1 Å². The van der Waals surface area contributed by atoms with Crippen molar-refractivity contribution < 1.29 is 19.1 Å². The lowest BCUT2D eigenvalue weighted by molar-refractivity contribution is -0.175. The molecule has 0 saturated heterocycles. The first-order valence-corrected chi connectivity index (χ1v) is 17.3. The van der Waals surface area contributed by atoms with Gasteiger partial charge < -0.3 is 4.74 Å². The van der Waals surface area contributed by atoms with E-state index < -0.39 is 10.8 Å². The second-order valence-corrected chi connectivity index (χ2v) is 17.3. The monoisotopic (exact) mass is 615 g/mol. The summed E-state index contributed by atoms with van der Waals surface area (Å²) in [5, 5.41) is 9.95. The van der Waals surface area contributed by atoms with Gasteiger partial charge in [0.05, 0.1) is 17.7 Å². The van der Waals surface area contributed by atoms with Gasteiger partial charge in [-0.1, -0.05) is 93.0 Å². The molecule has 5 nitrogen and oxygen atoms in total. The van der Waals surface area contributed by atoms with Crippen LogP contribution in [0.3, 0.4) is 0 Å². The smallest absolute Gasteiger partial charge is 0.338 e. The Morgan fingerprint density at radius 3 is 2.27 bits per heavy atom. The normalized spacial score (nSPS) is 32.4. The number of hydrogen-bond acceptors (Lipinski definition) is 5. The second kappa shape index (κ2) is 12.5. The van der Waals surface area contributed by atoms with Crippen LogP contribution in [0.25, 0.3) is 0 Å². The fourth-order valence-corrected chi connectivity index (χ4v) is 9.83. The van der Waals surface area contributed by atoms with Gasteiger partial charge in [0.2, 0.25) is 0 Å². The Kier molecular flexibility index (Phi) is 9.72. The summed E-state index contributed by atoms with van der Waals surface area (Å²) in [6, 6.07) is 11.4. The number of esters is 1. The number of benzene rings is 1. The summed E-state index contributed by atoms with van der Waals surface area (Å²) in [4.78, 5) is 40.0. The minimum atomic E-state index is -0.640. The maximum absolute atomic E-state index is 13.7. The van der Waals surface area contributed by atoms with E-state index >= 15 is 0 Å². The molecule has 6 atom stereocenters. The van der Waals surface area contributed by atoms with E-state index in [2.05, 4.69) is 54.5 Å². The topological polar surface area (TPSA) is 84.2 Å². The van der Waals surface area contributed by atoms with Gasteiger partial charge in [0, 0.05) is 23.7 Å². The van der Waals surface area contributed by atoms with Crippen LogP contribution in [-0.2, 0) is 14.3 Å². The van der Waals surface area contributed by atoms with E-state index in [0.29, 0.717) is 25.0 Å². The van der Waals surface area contributed by atoms with Gasteiger partial charge in [-0.15, -0.1) is 0 Å². The molecule has 0 aliphatic heterocycles. The zero-order valence-electron chi connectivity index (χ0n) is 29.5. The molecule has 1 aromatic rings. The number of nitriles is 1. The molecule has 0 radical (unpaired) electrons. The molecular weight excluding hydrogens is 558 g/mol. The molecule has 3 aliphatic carbocycles. The van der Waals surface area contributed by atoms with Crippen LogP contribution in [0, 0.1) is 55.7 Å². The fraction of sp³-hybridized carbons (Fsp3) is 0.700. The van der Waals surface area contributed by atoms with E-state index in [1.165, 1.54) is 0 Å². The van der Waals surface area contributed by atoms with Crippen LogP contribution in [-0.4, -0.2) is 24.1 Å². The van der Waals surface area contributed by atoms with Crippen LogP contribution in [0.5, 0.6) is 0 Å². The Hall–Kier alpha value is -2.74. The maximum Gasteiger partial charge on any atom is 0.338 e. The first-order valence-electron chi connectivity index (χ1n) is 17.3. The number of carbonyl (C=O) groups is 3. The Morgan fingerprint density at radius 1 is 0.978 bits per heavy atom. The fourth-order valence-electron chi connectivity index (χ4n) is 9.83. The highest BCUT2D eigenvalue weighted by Gasteiger charge is 2.66. The molecule has 2 fully saturated rings. The Balaban J connectivity index is 1.63. The average Bonchev–Trinajstić information content (AvgIpc) is 2.98. The van der Waals surface area contributed by atoms with Crippen LogP contribution < -0.4 is 0 Å². The number of Topliss-reactive ketones (excluding diaryl/α,β-unsaturated/α-hetero) is 2. The van der Waals surface area contributed by atoms with Crippen molar-refractivity contribution in [1.29, 1.82) is 5.26 Å². The first-order chi connectivity index (χ1) is 20.9. The summed E-state index contributed by atoms with van der Waals surface area (Å²) in [7, 11) is 0. The molecule has 3 aliphatic rings. The highest BCUT2D eigenvalue weighted by Crippen LogP contribution is 2.70. The summed E-state index contributed by atoms with van der Waals surface area (Å²) in [5.74, 6) is 0.0710. The maximum atomic E-state index is 13.7. The van der Waals surface area contributed by atoms with Crippen LogP contribution in [0.4, 0.5) is 0 Å². The van der Waals surface area contributed by atoms with Crippen molar-refractivity contribution >= 4 is 17.5 Å². The molecule has 0 spiro atoms. The molecule has 0 unspecified atom stereocenters. The summed E-state index contributed by atoms with van der Waals surface area (Å²) >= 11 is 0. The van der Waals surface area contributed by atoms with Crippen molar-refractivity contribution in [1.82, 2.24) is 0 Å². The SMILES string of the molecule is CCCC(C)(C)CC[C@@](C)(CC[C@]1(C)CC(=O)C[C@@H]2[C@@]3(C)C=C(C#N)C(=O)C(C)(C)[C@@H]3CC[C@]21C)COC(=O)c1ccccc1. The average molecular weight is 616 g/mol. The number of hydrogen-bond donors (Lipinski definition) is 0. The number of nitrogens with zero attached hydrogens (tertiary/aromatic N) is 1. The van der Waals surface area contributed by atoms with Gasteiger partial charge in [-0.25, -0.2) is 4.79 Å². The van der Waals surface area contributed by atoms with Crippen molar-refractivity contribution in [2.24, 2.45) is 44.3 Å². The van der Waals surface area contributed by atoms with Gasteiger partial charge in [-0.3, -0.25) is 9.59 Å². The Bertz CT molecular complexity index is 1370. The first kappa shape index (κ1) is 35.1. The number of ether oxygens (including phenoxy) is 1. The molecule has 0 aromatic heterocycles. The molecule has 0 heterocycles. The van der Waals surface area contributed by atoms with Crippen molar-refractivity contribution in [3.05, 3.63) is 47.5 Å². The van der Waals surface area contributed by atoms with E-state index in [0.717, 1.165) is 51.4 Å². The predicted octanol–water partition coefficient (Wildman–Crippen LogP) is 9.70. The van der Waals surface area contributed by atoms with Crippen LogP contribution in [0.15, 0.2) is 42.0 Å². The summed E-state index contributed by atoms with van der Waals surface area (Å²) < 4.78 is 6.01. The minimum Gasteiger partial charge on any atom is -0.462 e. The standard InChI is InChI=1S/C40H57NO4/c1-10-17-35(2,3)19-20-37(6,27-45-34(44)28-14-12-11-13-15-28)21-22-38(7)25-30(42)23-32-39(8)24-29(26-41)33(43)36(4,5)31(39)16-18-40(32,38)9/h11-15,24,31-32H,10,16-23,25,27H2,1-9H3/t31-,32+,37-,38+,39-,40+/m0/s1. The third-order valence-electron chi connectivity index (χ3n) is 13.1. The number of rotatable bonds is 11. The molecule has 246 valence electrons. The highest BCUT2D eigenvalue weighted by atomic mass is 16.5. The number of fused-ring (bicyclic) bond motifs is 3. The third-order valence-corrected chi connectivity index (χ3v) is 13.1. The zero-order chi connectivity index (χ0) is 33.5. The lowest BCUT2D eigenvalue weighted by Crippen LogP contribution is -2.62. The molecule has 2 saturated carbocycles. The lowest BCUT2D eigenvalue weighted by Gasteiger charge is -2.66. The largest absolute Gasteiger partial charge is 0.462 e. The van der Waals surface area contributed by atoms with Crippen LogP contribution >= 0.6 is 0 Å². The van der Waals surface area contributed by atoms with E-state index in [-0.39, 0.29) is 56.6 Å². The number of carbonyl (C=O) groups excluding carboxylic acids is 3. The van der Waals surface area contributed by atoms with Gasteiger partial charge in [0.15, 0.2) is 5.78 Å². The van der Waals surface area contributed by atoms with Gasteiger partial charge >= 0.3 is 5.97 Å². The predicted molar refractivity (Wildman–Crippen MR) is 179 cm³/mol. The van der Waals surface area contributed by atoms with Crippen LogP contribution in [0.2, 0.25) is 0 Å². The van der Waals surface area contributed by atoms with E-state index in [1.54, 1.807) is 12.1 Å². The molecule has 0 N–H and O–H groups in total. The number of ketones is 2. The van der Waals surface area contributed by atoms with Gasteiger partial charge in [-0.2, -0.15) is 5.26 Å². The summed E-state index contributed by atoms with van der Waals surface area (Å²) in [6.45, 7) is 20.4. The summed E-state index contributed by atoms with van der Waals surface area (Å²) in [5.41, 5.74) is -0.659. The second-order valence-electron chi connectivity index (χ2n) is 17.3. The van der Waals surface area contributed by atoms with Gasteiger partial charge in [0.1, 0.15) is 11.9 Å². The van der Waals surface area contributed by atoms with Crippen molar-refractivity contribution in [3.63, 3.8) is 0 Å².